The smallest absolute Gasteiger partial charge is 0.202 e. The van der Waals surface area contributed by atoms with Crippen LogP contribution in [0.4, 0.5) is 8.78 Å². The Morgan fingerprint density at radius 2 is 1.81 bits per heavy atom. The van der Waals surface area contributed by atoms with Gasteiger partial charge < -0.3 is 9.47 Å². The number of carbonyl (C=O) groups is 1. The van der Waals surface area contributed by atoms with Gasteiger partial charge in [0, 0.05) is 6.07 Å². The Kier molecular flexibility index (Phi) is 4.57. The van der Waals surface area contributed by atoms with E-state index in [9.17, 15) is 13.6 Å². The third kappa shape index (κ3) is 2.90. The fourth-order valence-electron chi connectivity index (χ4n) is 1.86. The highest BCUT2D eigenvalue weighted by atomic mass is 79.9. The van der Waals surface area contributed by atoms with Gasteiger partial charge in [0.15, 0.2) is 5.82 Å². The zero-order valence-corrected chi connectivity index (χ0v) is 12.8. The zero-order chi connectivity index (χ0) is 15.6. The lowest BCUT2D eigenvalue weighted by Gasteiger charge is -2.11. The first-order chi connectivity index (χ1) is 9.99. The molecule has 0 fully saturated rings. The fourth-order valence-corrected chi connectivity index (χ4v) is 2.19. The number of ether oxygens (including phenoxy) is 2. The number of rotatable bonds is 4. The molecule has 2 rings (SSSR count). The van der Waals surface area contributed by atoms with Crippen LogP contribution in [-0.4, -0.2) is 20.0 Å². The third-order valence-electron chi connectivity index (χ3n) is 2.92. The maximum atomic E-state index is 14.0. The Morgan fingerprint density at radius 1 is 1.10 bits per heavy atom. The van der Waals surface area contributed by atoms with Crippen molar-refractivity contribution in [3.63, 3.8) is 0 Å². The molecule has 0 amide bonds. The van der Waals surface area contributed by atoms with E-state index in [1.165, 1.54) is 38.5 Å². The third-order valence-corrected chi connectivity index (χ3v) is 3.54. The fraction of sp³-hybridized carbons (Fsp3) is 0.133. The molecule has 0 radical (unpaired) electrons. The SMILES string of the molecule is COc1ccc(C(=O)c2c(F)ccc(Br)c2F)c(OC)c1. The van der Waals surface area contributed by atoms with E-state index in [0.717, 1.165) is 6.07 Å². The second-order valence-corrected chi connectivity index (χ2v) is 4.97. The van der Waals surface area contributed by atoms with Crippen molar-refractivity contribution in [3.8, 4) is 11.5 Å². The predicted octanol–water partition coefficient (Wildman–Crippen LogP) is 3.98. The lowest BCUT2D eigenvalue weighted by molar-refractivity contribution is 0.102. The minimum atomic E-state index is -0.946. The predicted molar refractivity (Wildman–Crippen MR) is 77.0 cm³/mol. The topological polar surface area (TPSA) is 35.5 Å². The van der Waals surface area contributed by atoms with Crippen LogP contribution in [0.3, 0.4) is 0 Å². The van der Waals surface area contributed by atoms with Crippen molar-refractivity contribution >= 4 is 21.7 Å². The molecule has 21 heavy (non-hydrogen) atoms. The van der Waals surface area contributed by atoms with Crippen molar-refractivity contribution in [2.24, 2.45) is 0 Å². The van der Waals surface area contributed by atoms with Gasteiger partial charge in [-0.2, -0.15) is 0 Å². The summed E-state index contributed by atoms with van der Waals surface area (Å²) in [7, 11) is 2.82. The van der Waals surface area contributed by atoms with Gasteiger partial charge in [-0.15, -0.1) is 0 Å². The summed E-state index contributed by atoms with van der Waals surface area (Å²) >= 11 is 2.93. The molecule has 0 heterocycles. The van der Waals surface area contributed by atoms with Crippen molar-refractivity contribution in [2.75, 3.05) is 14.2 Å². The molecule has 0 bridgehead atoms. The highest BCUT2D eigenvalue weighted by Crippen LogP contribution is 2.30. The maximum Gasteiger partial charge on any atom is 0.202 e. The molecule has 3 nitrogen and oxygen atoms in total. The molecular formula is C15H11BrF2O3. The van der Waals surface area contributed by atoms with Gasteiger partial charge in [-0.05, 0) is 40.2 Å². The molecule has 0 aliphatic carbocycles. The first-order valence-corrected chi connectivity index (χ1v) is 6.69. The Hall–Kier alpha value is -1.95. The summed E-state index contributed by atoms with van der Waals surface area (Å²) in [6.07, 6.45) is 0. The van der Waals surface area contributed by atoms with E-state index in [0.29, 0.717) is 5.75 Å². The van der Waals surface area contributed by atoms with Crippen LogP contribution >= 0.6 is 15.9 Å². The number of hydrogen-bond donors (Lipinski definition) is 0. The van der Waals surface area contributed by atoms with Gasteiger partial charge in [-0.1, -0.05) is 0 Å². The molecule has 0 saturated heterocycles. The molecule has 2 aromatic carbocycles. The summed E-state index contributed by atoms with van der Waals surface area (Å²) in [6.45, 7) is 0. The number of hydrogen-bond acceptors (Lipinski definition) is 3. The molecule has 0 N–H and O–H groups in total. The minimum Gasteiger partial charge on any atom is -0.497 e. The maximum absolute atomic E-state index is 14.0. The van der Waals surface area contributed by atoms with E-state index >= 15 is 0 Å². The lowest BCUT2D eigenvalue weighted by atomic mass is 10.0. The van der Waals surface area contributed by atoms with Crippen molar-refractivity contribution in [1.82, 2.24) is 0 Å². The van der Waals surface area contributed by atoms with Gasteiger partial charge in [0.2, 0.25) is 5.78 Å². The first-order valence-electron chi connectivity index (χ1n) is 5.89. The molecule has 0 saturated carbocycles. The summed E-state index contributed by atoms with van der Waals surface area (Å²) in [5, 5.41) is 0. The molecule has 0 spiro atoms. The van der Waals surface area contributed by atoms with Crippen molar-refractivity contribution in [3.05, 3.63) is 57.6 Å². The zero-order valence-electron chi connectivity index (χ0n) is 11.2. The monoisotopic (exact) mass is 356 g/mol. The van der Waals surface area contributed by atoms with Crippen LogP contribution in [0.2, 0.25) is 0 Å². The molecule has 2 aromatic rings. The minimum absolute atomic E-state index is 0.0136. The standard InChI is InChI=1S/C15H11BrF2O3/c1-20-8-3-4-9(12(7-8)21-2)15(19)13-11(17)6-5-10(16)14(13)18/h3-7H,1-2H3. The molecule has 0 aliphatic heterocycles. The number of benzene rings is 2. The highest BCUT2D eigenvalue weighted by Gasteiger charge is 2.23. The van der Waals surface area contributed by atoms with Crippen molar-refractivity contribution < 1.29 is 23.0 Å². The van der Waals surface area contributed by atoms with Crippen LogP contribution in [0.15, 0.2) is 34.8 Å². The number of methoxy groups -OCH3 is 2. The molecule has 6 heteroatoms. The van der Waals surface area contributed by atoms with Gasteiger partial charge in [0.25, 0.3) is 0 Å². The van der Waals surface area contributed by atoms with Gasteiger partial charge in [0.1, 0.15) is 17.3 Å². The summed E-state index contributed by atoms with van der Waals surface area (Å²) in [5.74, 6) is -2.03. The van der Waals surface area contributed by atoms with E-state index in [-0.39, 0.29) is 15.8 Å². The molecule has 0 atom stereocenters. The second-order valence-electron chi connectivity index (χ2n) is 4.11. The second kappa shape index (κ2) is 6.22. The normalized spacial score (nSPS) is 10.3. The molecule has 0 aliphatic rings. The molecule has 0 unspecified atom stereocenters. The summed E-state index contributed by atoms with van der Waals surface area (Å²) in [4.78, 5) is 12.4. The largest absolute Gasteiger partial charge is 0.497 e. The van der Waals surface area contributed by atoms with Gasteiger partial charge in [-0.3, -0.25) is 4.79 Å². The van der Waals surface area contributed by atoms with Crippen LogP contribution in [0, 0.1) is 11.6 Å². The van der Waals surface area contributed by atoms with Crippen LogP contribution in [0.25, 0.3) is 0 Å². The molecule has 110 valence electrons. The average molecular weight is 357 g/mol. The van der Waals surface area contributed by atoms with E-state index in [4.69, 9.17) is 9.47 Å². The first kappa shape index (κ1) is 15.4. The molecular weight excluding hydrogens is 346 g/mol. The Balaban J connectivity index is 2.58. The summed E-state index contributed by atoms with van der Waals surface area (Å²) < 4.78 is 37.9. The van der Waals surface area contributed by atoms with E-state index < -0.39 is 23.0 Å². The van der Waals surface area contributed by atoms with Gasteiger partial charge in [-0.25, -0.2) is 8.78 Å². The van der Waals surface area contributed by atoms with Crippen molar-refractivity contribution in [2.45, 2.75) is 0 Å². The highest BCUT2D eigenvalue weighted by molar-refractivity contribution is 9.10. The molecule has 0 aromatic heterocycles. The van der Waals surface area contributed by atoms with Gasteiger partial charge in [0.05, 0.1) is 29.8 Å². The van der Waals surface area contributed by atoms with Crippen molar-refractivity contribution in [1.29, 1.82) is 0 Å². The lowest BCUT2D eigenvalue weighted by Crippen LogP contribution is -2.09. The number of halogens is 3. The van der Waals surface area contributed by atoms with Gasteiger partial charge >= 0.3 is 0 Å². The van der Waals surface area contributed by atoms with Crippen LogP contribution in [-0.2, 0) is 0 Å². The van der Waals surface area contributed by atoms with E-state index in [1.54, 1.807) is 0 Å². The quantitative estimate of drug-likeness (QED) is 0.614. The van der Waals surface area contributed by atoms with Crippen LogP contribution in [0.1, 0.15) is 15.9 Å². The Bertz CT molecular complexity index is 702. The van der Waals surface area contributed by atoms with E-state index in [2.05, 4.69) is 15.9 Å². The summed E-state index contributed by atoms with van der Waals surface area (Å²) in [5.41, 5.74) is -0.581. The average Bonchev–Trinajstić information content (AvgIpc) is 2.50. The van der Waals surface area contributed by atoms with Crippen LogP contribution in [0.5, 0.6) is 11.5 Å². The number of carbonyl (C=O) groups excluding carboxylic acids is 1. The Labute approximate surface area is 128 Å². The van der Waals surface area contributed by atoms with E-state index in [1.807, 2.05) is 0 Å². The number of ketones is 1. The van der Waals surface area contributed by atoms with Crippen LogP contribution < -0.4 is 9.47 Å². The summed E-state index contributed by atoms with van der Waals surface area (Å²) in [6, 6.07) is 6.62. The Morgan fingerprint density at radius 3 is 2.43 bits per heavy atom.